The van der Waals surface area contributed by atoms with Crippen LogP contribution in [0.5, 0.6) is 0 Å². The van der Waals surface area contributed by atoms with Gasteiger partial charge in [0.25, 0.3) is 10.0 Å². The number of hydrogen-bond donors (Lipinski definition) is 2. The lowest BCUT2D eigenvalue weighted by molar-refractivity contribution is 0.547. The van der Waals surface area contributed by atoms with Crippen LogP contribution in [0.4, 0.5) is 0 Å². The van der Waals surface area contributed by atoms with E-state index in [0.717, 1.165) is 19.4 Å². The maximum atomic E-state index is 11.9. The molecule has 1 saturated heterocycles. The Morgan fingerprint density at radius 2 is 2.29 bits per heavy atom. The lowest BCUT2D eigenvalue weighted by atomic mass is 10.2. The van der Waals surface area contributed by atoms with Gasteiger partial charge in [0.2, 0.25) is 0 Å². The zero-order chi connectivity index (χ0) is 12.3. The van der Waals surface area contributed by atoms with E-state index in [-0.39, 0.29) is 11.1 Å². The summed E-state index contributed by atoms with van der Waals surface area (Å²) in [7, 11) is -3.53. The molecule has 0 saturated carbocycles. The SMILES string of the molecule is Cc1ccc(S(=O)(=O)NC[C@H]2CCCN2)nn1. The molecule has 7 heteroatoms. The van der Waals surface area contributed by atoms with Gasteiger partial charge in [0.1, 0.15) is 0 Å². The molecule has 0 amide bonds. The maximum absolute atomic E-state index is 11.9. The van der Waals surface area contributed by atoms with Crippen LogP contribution in [0.15, 0.2) is 17.2 Å². The number of nitrogens with zero attached hydrogens (tertiary/aromatic N) is 2. The summed E-state index contributed by atoms with van der Waals surface area (Å²) >= 11 is 0. The Bertz CT molecular complexity index is 466. The molecule has 0 aromatic carbocycles. The van der Waals surface area contributed by atoms with E-state index < -0.39 is 10.0 Å². The molecule has 17 heavy (non-hydrogen) atoms. The predicted molar refractivity (Wildman–Crippen MR) is 63.0 cm³/mol. The molecule has 0 bridgehead atoms. The minimum absolute atomic E-state index is 0.0268. The summed E-state index contributed by atoms with van der Waals surface area (Å²) in [4.78, 5) is 0. The molecule has 1 aliphatic heterocycles. The van der Waals surface area contributed by atoms with Crippen LogP contribution >= 0.6 is 0 Å². The van der Waals surface area contributed by atoms with Crippen molar-refractivity contribution in [3.8, 4) is 0 Å². The number of aromatic nitrogens is 2. The highest BCUT2D eigenvalue weighted by atomic mass is 32.2. The molecular formula is C10H16N4O2S. The van der Waals surface area contributed by atoms with Crippen molar-refractivity contribution in [2.24, 2.45) is 0 Å². The van der Waals surface area contributed by atoms with Crippen LogP contribution in [0.3, 0.4) is 0 Å². The van der Waals surface area contributed by atoms with E-state index in [1.54, 1.807) is 13.0 Å². The fourth-order valence-corrected chi connectivity index (χ4v) is 2.71. The molecule has 1 aromatic heterocycles. The Balaban J connectivity index is 2.00. The Hall–Kier alpha value is -1.05. The van der Waals surface area contributed by atoms with Gasteiger partial charge in [0.05, 0.1) is 5.69 Å². The van der Waals surface area contributed by atoms with E-state index in [4.69, 9.17) is 0 Å². The molecule has 2 heterocycles. The molecule has 1 aromatic rings. The van der Waals surface area contributed by atoms with Crippen LogP contribution in [-0.2, 0) is 10.0 Å². The summed E-state index contributed by atoms with van der Waals surface area (Å²) in [5, 5.41) is 10.6. The molecule has 0 spiro atoms. The Kier molecular flexibility index (Phi) is 3.70. The van der Waals surface area contributed by atoms with Gasteiger partial charge in [0, 0.05) is 12.6 Å². The molecule has 94 valence electrons. The number of aryl methyl sites for hydroxylation is 1. The summed E-state index contributed by atoms with van der Waals surface area (Å²) in [6.45, 7) is 3.12. The van der Waals surface area contributed by atoms with E-state index in [9.17, 15) is 8.42 Å². The minimum Gasteiger partial charge on any atom is -0.313 e. The van der Waals surface area contributed by atoms with Crippen molar-refractivity contribution in [3.63, 3.8) is 0 Å². The highest BCUT2D eigenvalue weighted by Crippen LogP contribution is 2.07. The summed E-state index contributed by atoms with van der Waals surface area (Å²) in [6.07, 6.45) is 2.10. The molecule has 1 atom stereocenters. The Labute approximate surface area is 101 Å². The first-order valence-electron chi connectivity index (χ1n) is 5.61. The minimum atomic E-state index is -3.53. The van der Waals surface area contributed by atoms with Gasteiger partial charge in [-0.15, -0.1) is 5.10 Å². The second-order valence-corrected chi connectivity index (χ2v) is 5.87. The second-order valence-electron chi connectivity index (χ2n) is 4.16. The monoisotopic (exact) mass is 256 g/mol. The molecular weight excluding hydrogens is 240 g/mol. The third-order valence-corrected chi connectivity index (χ3v) is 4.05. The van der Waals surface area contributed by atoms with Gasteiger partial charge in [-0.2, -0.15) is 5.10 Å². The lowest BCUT2D eigenvalue weighted by Gasteiger charge is -2.11. The van der Waals surface area contributed by atoms with Crippen LogP contribution < -0.4 is 10.0 Å². The van der Waals surface area contributed by atoms with Crippen LogP contribution in [0, 0.1) is 6.92 Å². The maximum Gasteiger partial charge on any atom is 0.259 e. The van der Waals surface area contributed by atoms with Gasteiger partial charge in [-0.25, -0.2) is 13.1 Å². The first-order valence-corrected chi connectivity index (χ1v) is 7.09. The molecule has 0 radical (unpaired) electrons. The summed E-state index contributed by atoms with van der Waals surface area (Å²) in [5.41, 5.74) is 0.696. The molecule has 2 N–H and O–H groups in total. The van der Waals surface area contributed by atoms with Gasteiger partial charge >= 0.3 is 0 Å². The van der Waals surface area contributed by atoms with Crippen molar-refractivity contribution in [3.05, 3.63) is 17.8 Å². The van der Waals surface area contributed by atoms with E-state index in [1.165, 1.54) is 6.07 Å². The van der Waals surface area contributed by atoms with Gasteiger partial charge in [-0.3, -0.25) is 0 Å². The topological polar surface area (TPSA) is 84.0 Å². The average Bonchev–Trinajstić information content (AvgIpc) is 2.80. The first kappa shape index (κ1) is 12.4. The molecule has 2 rings (SSSR count). The van der Waals surface area contributed by atoms with Crippen LogP contribution in [0.1, 0.15) is 18.5 Å². The van der Waals surface area contributed by atoms with E-state index in [1.807, 2.05) is 0 Å². The molecule has 6 nitrogen and oxygen atoms in total. The Morgan fingerprint density at radius 3 is 2.88 bits per heavy atom. The van der Waals surface area contributed by atoms with Crippen LogP contribution in [0.25, 0.3) is 0 Å². The van der Waals surface area contributed by atoms with E-state index >= 15 is 0 Å². The highest BCUT2D eigenvalue weighted by Gasteiger charge is 2.20. The molecule has 1 fully saturated rings. The fourth-order valence-electron chi connectivity index (χ4n) is 1.75. The third kappa shape index (κ3) is 3.21. The van der Waals surface area contributed by atoms with E-state index in [2.05, 4.69) is 20.2 Å². The van der Waals surface area contributed by atoms with Crippen molar-refractivity contribution in [2.45, 2.75) is 30.8 Å². The average molecular weight is 256 g/mol. The summed E-state index contributed by atoms with van der Waals surface area (Å²) in [5.74, 6) is 0. The van der Waals surface area contributed by atoms with Crippen molar-refractivity contribution >= 4 is 10.0 Å². The third-order valence-electron chi connectivity index (χ3n) is 2.73. The molecule has 1 aliphatic rings. The number of rotatable bonds is 4. The lowest BCUT2D eigenvalue weighted by Crippen LogP contribution is -2.37. The van der Waals surface area contributed by atoms with Crippen LogP contribution in [0.2, 0.25) is 0 Å². The van der Waals surface area contributed by atoms with Crippen molar-refractivity contribution < 1.29 is 8.42 Å². The van der Waals surface area contributed by atoms with Gasteiger partial charge in [0.15, 0.2) is 5.03 Å². The highest BCUT2D eigenvalue weighted by molar-refractivity contribution is 7.89. The predicted octanol–water partition coefficient (Wildman–Crippen LogP) is -0.185. The largest absolute Gasteiger partial charge is 0.313 e. The number of sulfonamides is 1. The smallest absolute Gasteiger partial charge is 0.259 e. The normalized spacial score (nSPS) is 20.6. The van der Waals surface area contributed by atoms with Crippen molar-refractivity contribution in [2.75, 3.05) is 13.1 Å². The number of nitrogens with one attached hydrogen (secondary N) is 2. The molecule has 0 aliphatic carbocycles. The van der Waals surface area contributed by atoms with Gasteiger partial charge < -0.3 is 5.32 Å². The Morgan fingerprint density at radius 1 is 1.47 bits per heavy atom. The van der Waals surface area contributed by atoms with Crippen LogP contribution in [-0.4, -0.2) is 37.7 Å². The fraction of sp³-hybridized carbons (Fsp3) is 0.600. The van der Waals surface area contributed by atoms with Gasteiger partial charge in [-0.05, 0) is 38.4 Å². The van der Waals surface area contributed by atoms with Crippen molar-refractivity contribution in [1.29, 1.82) is 0 Å². The van der Waals surface area contributed by atoms with Crippen molar-refractivity contribution in [1.82, 2.24) is 20.2 Å². The second kappa shape index (κ2) is 5.07. The zero-order valence-electron chi connectivity index (χ0n) is 9.68. The first-order chi connectivity index (χ1) is 8.08. The summed E-state index contributed by atoms with van der Waals surface area (Å²) < 4.78 is 26.3. The number of hydrogen-bond acceptors (Lipinski definition) is 5. The van der Waals surface area contributed by atoms with Gasteiger partial charge in [-0.1, -0.05) is 0 Å². The summed E-state index contributed by atoms with van der Waals surface area (Å²) in [6, 6.07) is 3.32. The quantitative estimate of drug-likeness (QED) is 0.780. The standard InChI is InChI=1S/C10H16N4O2S/c1-8-4-5-10(14-13-8)17(15,16)12-7-9-3-2-6-11-9/h4-5,9,11-12H,2-3,6-7H2,1H3/t9-/m1/s1. The molecule has 0 unspecified atom stereocenters. The van der Waals surface area contributed by atoms with E-state index in [0.29, 0.717) is 12.2 Å². The zero-order valence-corrected chi connectivity index (χ0v) is 10.5.